The highest BCUT2D eigenvalue weighted by Crippen LogP contribution is 2.22. The molecule has 3 heterocycles. The van der Waals surface area contributed by atoms with Gasteiger partial charge in [-0.15, -0.1) is 10.2 Å². The molecule has 2 aromatic heterocycles. The number of methoxy groups -OCH3 is 1. The first-order valence-corrected chi connectivity index (χ1v) is 12.4. The number of hydrogen-bond donors (Lipinski definition) is 0. The second-order valence-corrected chi connectivity index (χ2v) is 8.89. The Labute approximate surface area is 211 Å². The summed E-state index contributed by atoms with van der Waals surface area (Å²) in [4.78, 5) is 31.7. The standard InChI is InChI=1S/C27H33N5O4/c1-4-20(2)32(27(34)24-7-5-18-36-24)19-26(33)31-15-6-14-30(16-17-31)25-13-12-23(28-29-25)21-8-10-22(35-3)11-9-21/h5,7-13,18,20H,4,6,14-17,19H2,1-3H3. The molecule has 1 aromatic carbocycles. The van der Waals surface area contributed by atoms with Crippen LogP contribution in [0.15, 0.2) is 59.2 Å². The molecule has 9 heteroatoms. The zero-order valence-corrected chi connectivity index (χ0v) is 21.1. The van der Waals surface area contributed by atoms with Gasteiger partial charge in [0.1, 0.15) is 12.3 Å². The summed E-state index contributed by atoms with van der Waals surface area (Å²) in [6.45, 7) is 6.61. The molecule has 1 aliphatic heterocycles. The summed E-state index contributed by atoms with van der Waals surface area (Å²) in [5.74, 6) is 1.52. The summed E-state index contributed by atoms with van der Waals surface area (Å²) in [6, 6.07) is 14.9. The molecule has 2 amide bonds. The Kier molecular flexibility index (Phi) is 8.20. The number of anilines is 1. The number of carbonyl (C=O) groups is 2. The largest absolute Gasteiger partial charge is 0.497 e. The Hall–Kier alpha value is -3.88. The van der Waals surface area contributed by atoms with Crippen LogP contribution in [0.5, 0.6) is 5.75 Å². The molecule has 0 bridgehead atoms. The summed E-state index contributed by atoms with van der Waals surface area (Å²) < 4.78 is 10.5. The van der Waals surface area contributed by atoms with Gasteiger partial charge in [-0.05, 0) is 68.3 Å². The summed E-state index contributed by atoms with van der Waals surface area (Å²) in [7, 11) is 1.64. The average molecular weight is 492 g/mol. The van der Waals surface area contributed by atoms with Crippen LogP contribution in [0.2, 0.25) is 0 Å². The maximum Gasteiger partial charge on any atom is 0.290 e. The predicted molar refractivity (Wildman–Crippen MR) is 137 cm³/mol. The van der Waals surface area contributed by atoms with E-state index in [-0.39, 0.29) is 30.2 Å². The van der Waals surface area contributed by atoms with Crippen molar-refractivity contribution in [2.75, 3.05) is 44.7 Å². The minimum Gasteiger partial charge on any atom is -0.497 e. The molecule has 0 saturated carbocycles. The van der Waals surface area contributed by atoms with E-state index in [1.165, 1.54) is 6.26 Å². The lowest BCUT2D eigenvalue weighted by atomic mass is 10.1. The Morgan fingerprint density at radius 3 is 2.50 bits per heavy atom. The molecule has 1 saturated heterocycles. The minimum absolute atomic E-state index is 0.0326. The molecule has 1 aliphatic rings. The fourth-order valence-corrected chi connectivity index (χ4v) is 4.24. The first-order chi connectivity index (χ1) is 17.5. The minimum atomic E-state index is -0.258. The van der Waals surface area contributed by atoms with Gasteiger partial charge in [-0.3, -0.25) is 9.59 Å². The third kappa shape index (κ3) is 5.84. The number of nitrogens with zero attached hydrogens (tertiary/aromatic N) is 5. The van der Waals surface area contributed by atoms with Crippen LogP contribution in [0.25, 0.3) is 11.3 Å². The summed E-state index contributed by atoms with van der Waals surface area (Å²) in [5, 5.41) is 8.86. The van der Waals surface area contributed by atoms with Crippen molar-refractivity contribution in [1.82, 2.24) is 20.0 Å². The molecule has 0 spiro atoms. The zero-order chi connectivity index (χ0) is 25.5. The van der Waals surface area contributed by atoms with Gasteiger partial charge in [-0.2, -0.15) is 0 Å². The topological polar surface area (TPSA) is 92.0 Å². The quantitative estimate of drug-likeness (QED) is 0.474. The first-order valence-electron chi connectivity index (χ1n) is 12.4. The van der Waals surface area contributed by atoms with Crippen LogP contribution >= 0.6 is 0 Å². The van der Waals surface area contributed by atoms with Gasteiger partial charge in [0.2, 0.25) is 5.91 Å². The van der Waals surface area contributed by atoms with Crippen molar-refractivity contribution in [2.45, 2.75) is 32.7 Å². The summed E-state index contributed by atoms with van der Waals surface area (Å²) in [6.07, 6.45) is 3.03. The summed E-state index contributed by atoms with van der Waals surface area (Å²) >= 11 is 0. The van der Waals surface area contributed by atoms with Crippen LogP contribution < -0.4 is 9.64 Å². The average Bonchev–Trinajstić information content (AvgIpc) is 3.35. The Morgan fingerprint density at radius 2 is 1.86 bits per heavy atom. The van der Waals surface area contributed by atoms with E-state index in [1.807, 2.05) is 55.1 Å². The van der Waals surface area contributed by atoms with Crippen LogP contribution in [0, 0.1) is 0 Å². The highest BCUT2D eigenvalue weighted by molar-refractivity contribution is 5.94. The molecule has 0 N–H and O–H groups in total. The van der Waals surface area contributed by atoms with E-state index in [0.717, 1.165) is 42.2 Å². The van der Waals surface area contributed by atoms with Gasteiger partial charge in [-0.25, -0.2) is 0 Å². The lowest BCUT2D eigenvalue weighted by Gasteiger charge is -2.30. The van der Waals surface area contributed by atoms with Crippen molar-refractivity contribution < 1.29 is 18.7 Å². The molecule has 0 aliphatic carbocycles. The van der Waals surface area contributed by atoms with Crippen molar-refractivity contribution in [3.63, 3.8) is 0 Å². The maximum absolute atomic E-state index is 13.2. The van der Waals surface area contributed by atoms with E-state index in [9.17, 15) is 9.59 Å². The SMILES string of the molecule is CCC(C)N(CC(=O)N1CCCN(c2ccc(-c3ccc(OC)cc3)nn2)CC1)C(=O)c1ccco1. The number of aromatic nitrogens is 2. The normalized spacial score (nSPS) is 14.8. The fourth-order valence-electron chi connectivity index (χ4n) is 4.24. The van der Waals surface area contributed by atoms with Crippen molar-refractivity contribution in [3.05, 3.63) is 60.6 Å². The number of ether oxygens (including phenoxy) is 1. The van der Waals surface area contributed by atoms with Gasteiger partial charge >= 0.3 is 0 Å². The van der Waals surface area contributed by atoms with Crippen molar-refractivity contribution in [2.24, 2.45) is 0 Å². The van der Waals surface area contributed by atoms with Gasteiger partial charge in [-0.1, -0.05) is 6.92 Å². The Balaban J connectivity index is 1.37. The molecule has 9 nitrogen and oxygen atoms in total. The van der Waals surface area contributed by atoms with Crippen LogP contribution in [0.1, 0.15) is 37.2 Å². The monoisotopic (exact) mass is 491 g/mol. The van der Waals surface area contributed by atoms with E-state index in [4.69, 9.17) is 9.15 Å². The zero-order valence-electron chi connectivity index (χ0n) is 21.1. The van der Waals surface area contributed by atoms with Gasteiger partial charge in [0.15, 0.2) is 11.6 Å². The van der Waals surface area contributed by atoms with Crippen molar-refractivity contribution in [3.8, 4) is 17.0 Å². The number of amides is 2. The second kappa shape index (κ2) is 11.7. The molecule has 3 aromatic rings. The molecule has 1 fully saturated rings. The van der Waals surface area contributed by atoms with Crippen molar-refractivity contribution in [1.29, 1.82) is 0 Å². The molecular weight excluding hydrogens is 458 g/mol. The molecule has 190 valence electrons. The molecule has 4 rings (SSSR count). The molecular formula is C27H33N5O4. The molecule has 36 heavy (non-hydrogen) atoms. The van der Waals surface area contributed by atoms with Crippen LogP contribution in [0.3, 0.4) is 0 Å². The van der Waals surface area contributed by atoms with Gasteiger partial charge in [0.05, 0.1) is 19.1 Å². The first kappa shape index (κ1) is 25.2. The van der Waals surface area contributed by atoms with Gasteiger partial charge in [0.25, 0.3) is 5.91 Å². The van der Waals surface area contributed by atoms with E-state index in [2.05, 4.69) is 15.1 Å². The fraction of sp³-hybridized carbons (Fsp3) is 0.407. The second-order valence-electron chi connectivity index (χ2n) is 8.89. The molecule has 0 radical (unpaired) electrons. The van der Waals surface area contributed by atoms with Gasteiger partial charge in [0, 0.05) is 37.8 Å². The van der Waals surface area contributed by atoms with Crippen LogP contribution in [-0.2, 0) is 4.79 Å². The van der Waals surface area contributed by atoms with Gasteiger partial charge < -0.3 is 23.9 Å². The number of benzene rings is 1. The lowest BCUT2D eigenvalue weighted by Crippen LogP contribution is -2.47. The van der Waals surface area contributed by atoms with Crippen molar-refractivity contribution >= 4 is 17.6 Å². The summed E-state index contributed by atoms with van der Waals surface area (Å²) in [5.41, 5.74) is 1.76. The maximum atomic E-state index is 13.2. The number of furan rings is 1. The number of rotatable bonds is 8. The van der Waals surface area contributed by atoms with E-state index in [1.54, 1.807) is 24.1 Å². The third-order valence-corrected chi connectivity index (χ3v) is 6.63. The van der Waals surface area contributed by atoms with Crippen LogP contribution in [-0.4, -0.2) is 77.7 Å². The lowest BCUT2D eigenvalue weighted by molar-refractivity contribution is -0.132. The third-order valence-electron chi connectivity index (χ3n) is 6.63. The Bertz CT molecular complexity index is 1130. The highest BCUT2D eigenvalue weighted by atomic mass is 16.5. The van der Waals surface area contributed by atoms with Crippen LogP contribution in [0.4, 0.5) is 5.82 Å². The van der Waals surface area contributed by atoms with E-state index in [0.29, 0.717) is 19.6 Å². The number of hydrogen-bond acceptors (Lipinski definition) is 7. The van der Waals surface area contributed by atoms with E-state index >= 15 is 0 Å². The molecule has 1 atom stereocenters. The Morgan fingerprint density at radius 1 is 1.06 bits per heavy atom. The highest BCUT2D eigenvalue weighted by Gasteiger charge is 2.28. The smallest absolute Gasteiger partial charge is 0.290 e. The molecule has 1 unspecified atom stereocenters. The predicted octanol–water partition coefficient (Wildman–Crippen LogP) is 3.72. The van der Waals surface area contributed by atoms with E-state index < -0.39 is 0 Å². The number of carbonyl (C=O) groups excluding carboxylic acids is 2.